The van der Waals surface area contributed by atoms with Gasteiger partial charge in [0.05, 0.1) is 13.5 Å². The molecule has 0 spiro atoms. The Labute approximate surface area is 191 Å². The molecule has 0 bridgehead atoms. The average Bonchev–Trinajstić information content (AvgIpc) is 2.82. The number of amides is 1. The number of nitrogens with one attached hydrogen (secondary N) is 1. The van der Waals surface area contributed by atoms with Crippen LogP contribution in [0.5, 0.6) is 5.75 Å². The quantitative estimate of drug-likeness (QED) is 0.355. The van der Waals surface area contributed by atoms with Crippen LogP contribution in [-0.4, -0.2) is 24.8 Å². The fourth-order valence-electron chi connectivity index (χ4n) is 3.00. The molecule has 0 aliphatic heterocycles. The molecule has 1 N–H and O–H groups in total. The number of carbonyl (C=O) groups excluding carboxylic acids is 3. The highest BCUT2D eigenvalue weighted by atomic mass is 35.5. The molecule has 3 aromatic carbocycles. The largest absolute Gasteiger partial charge is 0.497 e. The number of ether oxygens (including phenoxy) is 2. The van der Waals surface area contributed by atoms with E-state index in [1.165, 1.54) is 7.11 Å². The Morgan fingerprint density at radius 1 is 0.906 bits per heavy atom. The van der Waals surface area contributed by atoms with Gasteiger partial charge in [0.2, 0.25) is 6.10 Å². The SMILES string of the molecule is COc1cccc(NC(=O)C(OC(=O)CCC(=O)c2ccc(Cl)cc2)c2ccccc2)c1. The molecule has 32 heavy (non-hydrogen) atoms. The van der Waals surface area contributed by atoms with Gasteiger partial charge in [0.25, 0.3) is 5.91 Å². The molecule has 0 saturated heterocycles. The summed E-state index contributed by atoms with van der Waals surface area (Å²) in [7, 11) is 1.53. The first-order valence-electron chi connectivity index (χ1n) is 9.94. The summed E-state index contributed by atoms with van der Waals surface area (Å²) in [6.45, 7) is 0. The van der Waals surface area contributed by atoms with Crippen molar-refractivity contribution in [3.8, 4) is 5.75 Å². The normalized spacial score (nSPS) is 11.3. The van der Waals surface area contributed by atoms with Gasteiger partial charge in [-0.1, -0.05) is 48.0 Å². The minimum atomic E-state index is -1.17. The van der Waals surface area contributed by atoms with Gasteiger partial charge in [0, 0.05) is 34.3 Å². The summed E-state index contributed by atoms with van der Waals surface area (Å²) in [5.41, 5.74) is 1.48. The topological polar surface area (TPSA) is 81.7 Å². The zero-order chi connectivity index (χ0) is 22.9. The molecule has 0 aromatic heterocycles. The molecule has 0 fully saturated rings. The number of esters is 1. The summed E-state index contributed by atoms with van der Waals surface area (Å²) in [4.78, 5) is 37.7. The highest BCUT2D eigenvalue weighted by molar-refractivity contribution is 6.30. The predicted molar refractivity (Wildman–Crippen MR) is 122 cm³/mol. The van der Waals surface area contributed by atoms with Crippen LogP contribution in [0.4, 0.5) is 5.69 Å². The fraction of sp³-hybridized carbons (Fsp3) is 0.160. The Morgan fingerprint density at radius 2 is 1.62 bits per heavy atom. The van der Waals surface area contributed by atoms with Crippen molar-refractivity contribution in [3.05, 3.63) is 95.0 Å². The van der Waals surface area contributed by atoms with Crippen molar-refractivity contribution < 1.29 is 23.9 Å². The number of Topliss-reactive ketones (excluding diaryl/α,β-unsaturated/α-hetero) is 1. The zero-order valence-corrected chi connectivity index (χ0v) is 18.2. The molecular weight excluding hydrogens is 430 g/mol. The Morgan fingerprint density at radius 3 is 2.31 bits per heavy atom. The van der Waals surface area contributed by atoms with Gasteiger partial charge in [0.1, 0.15) is 5.75 Å². The van der Waals surface area contributed by atoms with Crippen molar-refractivity contribution in [2.45, 2.75) is 18.9 Å². The van der Waals surface area contributed by atoms with E-state index in [2.05, 4.69) is 5.32 Å². The van der Waals surface area contributed by atoms with E-state index in [-0.39, 0.29) is 18.6 Å². The molecule has 1 unspecified atom stereocenters. The predicted octanol–water partition coefficient (Wildman–Crippen LogP) is 5.23. The first-order valence-corrected chi connectivity index (χ1v) is 10.3. The lowest BCUT2D eigenvalue weighted by Gasteiger charge is -2.18. The van der Waals surface area contributed by atoms with Crippen molar-refractivity contribution in [2.75, 3.05) is 12.4 Å². The van der Waals surface area contributed by atoms with E-state index in [4.69, 9.17) is 21.1 Å². The third-order valence-electron chi connectivity index (χ3n) is 4.65. The van der Waals surface area contributed by atoms with Gasteiger partial charge in [-0.15, -0.1) is 0 Å². The number of halogens is 1. The van der Waals surface area contributed by atoms with E-state index in [9.17, 15) is 14.4 Å². The molecule has 7 heteroatoms. The molecule has 3 aromatic rings. The second kappa shape index (κ2) is 11.1. The lowest BCUT2D eigenvalue weighted by molar-refractivity contribution is -0.154. The van der Waals surface area contributed by atoms with Crippen LogP contribution >= 0.6 is 11.6 Å². The molecule has 0 aliphatic rings. The molecule has 164 valence electrons. The van der Waals surface area contributed by atoms with Crippen LogP contribution in [0.3, 0.4) is 0 Å². The van der Waals surface area contributed by atoms with Crippen LogP contribution in [-0.2, 0) is 14.3 Å². The highest BCUT2D eigenvalue weighted by Crippen LogP contribution is 2.23. The van der Waals surface area contributed by atoms with Crippen LogP contribution in [0.1, 0.15) is 34.9 Å². The molecule has 0 radical (unpaired) electrons. The van der Waals surface area contributed by atoms with Gasteiger partial charge in [0.15, 0.2) is 5.78 Å². The fourth-order valence-corrected chi connectivity index (χ4v) is 3.12. The highest BCUT2D eigenvalue weighted by Gasteiger charge is 2.25. The Balaban J connectivity index is 1.67. The van der Waals surface area contributed by atoms with Crippen molar-refractivity contribution >= 4 is 34.9 Å². The summed E-state index contributed by atoms with van der Waals surface area (Å²) < 4.78 is 10.6. The molecule has 0 heterocycles. The molecule has 6 nitrogen and oxygen atoms in total. The number of hydrogen-bond acceptors (Lipinski definition) is 5. The van der Waals surface area contributed by atoms with Gasteiger partial charge in [-0.05, 0) is 36.4 Å². The van der Waals surface area contributed by atoms with Crippen molar-refractivity contribution in [1.29, 1.82) is 0 Å². The van der Waals surface area contributed by atoms with Crippen LogP contribution < -0.4 is 10.1 Å². The summed E-state index contributed by atoms with van der Waals surface area (Å²) >= 11 is 5.83. The van der Waals surface area contributed by atoms with Crippen molar-refractivity contribution in [2.24, 2.45) is 0 Å². The number of anilines is 1. The van der Waals surface area contributed by atoms with Crippen LogP contribution in [0.25, 0.3) is 0 Å². The summed E-state index contributed by atoms with van der Waals surface area (Å²) in [6.07, 6.45) is -1.36. The minimum absolute atomic E-state index is 0.0422. The lowest BCUT2D eigenvalue weighted by atomic mass is 10.1. The molecule has 3 rings (SSSR count). The number of carbonyl (C=O) groups is 3. The van der Waals surface area contributed by atoms with Gasteiger partial charge < -0.3 is 14.8 Å². The molecule has 1 amide bonds. The molecule has 1 atom stereocenters. The monoisotopic (exact) mass is 451 g/mol. The average molecular weight is 452 g/mol. The minimum Gasteiger partial charge on any atom is -0.497 e. The first kappa shape index (κ1) is 23.0. The lowest BCUT2D eigenvalue weighted by Crippen LogP contribution is -2.26. The van der Waals surface area contributed by atoms with E-state index in [1.807, 2.05) is 0 Å². The third-order valence-corrected chi connectivity index (χ3v) is 4.90. The Hall–Kier alpha value is -3.64. The van der Waals surface area contributed by atoms with Crippen LogP contribution in [0.2, 0.25) is 5.02 Å². The van der Waals surface area contributed by atoms with Crippen LogP contribution in [0, 0.1) is 0 Å². The van der Waals surface area contributed by atoms with E-state index in [0.29, 0.717) is 27.6 Å². The van der Waals surface area contributed by atoms with Gasteiger partial charge in [-0.25, -0.2) is 0 Å². The number of hydrogen-bond donors (Lipinski definition) is 1. The molecule has 0 aliphatic carbocycles. The van der Waals surface area contributed by atoms with E-state index in [0.717, 1.165) is 0 Å². The second-order valence-corrected chi connectivity index (χ2v) is 7.37. The summed E-state index contributed by atoms with van der Waals surface area (Å²) in [5, 5.41) is 3.26. The van der Waals surface area contributed by atoms with E-state index >= 15 is 0 Å². The van der Waals surface area contributed by atoms with Gasteiger partial charge >= 0.3 is 5.97 Å². The van der Waals surface area contributed by atoms with E-state index in [1.54, 1.807) is 78.9 Å². The maximum atomic E-state index is 12.9. The number of rotatable bonds is 9. The Bertz CT molecular complexity index is 1080. The second-order valence-electron chi connectivity index (χ2n) is 6.93. The van der Waals surface area contributed by atoms with Gasteiger partial charge in [-0.2, -0.15) is 0 Å². The maximum absolute atomic E-state index is 12.9. The van der Waals surface area contributed by atoms with E-state index < -0.39 is 18.0 Å². The summed E-state index contributed by atoms with van der Waals surface area (Å²) in [6, 6.07) is 22.0. The summed E-state index contributed by atoms with van der Waals surface area (Å²) in [5.74, 6) is -0.795. The number of benzene rings is 3. The van der Waals surface area contributed by atoms with Crippen LogP contribution in [0.15, 0.2) is 78.9 Å². The molecule has 0 saturated carbocycles. The smallest absolute Gasteiger partial charge is 0.307 e. The first-order chi connectivity index (χ1) is 15.5. The number of methoxy groups -OCH3 is 1. The Kier molecular flexibility index (Phi) is 8.00. The third kappa shape index (κ3) is 6.43. The molecular formula is C25H22ClNO5. The van der Waals surface area contributed by atoms with Gasteiger partial charge in [-0.3, -0.25) is 14.4 Å². The van der Waals surface area contributed by atoms with Crippen molar-refractivity contribution in [1.82, 2.24) is 0 Å². The standard InChI is InChI=1S/C25H22ClNO5/c1-31-21-9-5-8-20(16-21)27-25(30)24(18-6-3-2-4-7-18)32-23(29)15-14-22(28)17-10-12-19(26)13-11-17/h2-13,16,24H,14-15H2,1H3,(H,27,30). The maximum Gasteiger partial charge on any atom is 0.307 e. The zero-order valence-electron chi connectivity index (χ0n) is 17.4. The van der Waals surface area contributed by atoms with Crippen molar-refractivity contribution in [3.63, 3.8) is 0 Å². The number of ketones is 1.